The number of para-hydroxylation sites is 2. The maximum absolute atomic E-state index is 12.3. The molecule has 3 heterocycles. The van der Waals surface area contributed by atoms with Gasteiger partial charge in [0.1, 0.15) is 5.69 Å². The van der Waals surface area contributed by atoms with Crippen LogP contribution in [-0.2, 0) is 6.42 Å². The van der Waals surface area contributed by atoms with Crippen molar-refractivity contribution in [3.8, 4) is 11.6 Å². The van der Waals surface area contributed by atoms with Gasteiger partial charge in [0.05, 0.1) is 11.0 Å². The number of nitrogens with one attached hydrogen (secondary N) is 1. The summed E-state index contributed by atoms with van der Waals surface area (Å²) in [5.74, 6) is 1.01. The number of aromatic nitrogens is 5. The van der Waals surface area contributed by atoms with Crippen LogP contribution in [0.1, 0.15) is 22.9 Å². The van der Waals surface area contributed by atoms with Crippen LogP contribution in [0.3, 0.4) is 0 Å². The maximum Gasteiger partial charge on any atom is 0.266 e. The molecular weight excluding hydrogens is 306 g/mol. The predicted octanol–water partition coefficient (Wildman–Crippen LogP) is 2.82. The fourth-order valence-corrected chi connectivity index (χ4v) is 2.37. The first-order valence-corrected chi connectivity index (χ1v) is 7.51. The molecule has 7 heteroatoms. The minimum Gasteiger partial charge on any atom is -0.419 e. The molecule has 0 aliphatic heterocycles. The van der Waals surface area contributed by atoms with E-state index in [4.69, 9.17) is 4.42 Å². The summed E-state index contributed by atoms with van der Waals surface area (Å²) in [5.41, 5.74) is 2.23. The molecule has 1 N–H and O–H groups in total. The predicted molar refractivity (Wildman–Crippen MR) is 86.3 cm³/mol. The van der Waals surface area contributed by atoms with Gasteiger partial charge in [0.2, 0.25) is 5.89 Å². The minimum absolute atomic E-state index is 0.0937. The first kappa shape index (κ1) is 14.3. The summed E-state index contributed by atoms with van der Waals surface area (Å²) in [5, 5.41) is 7.92. The zero-order valence-corrected chi connectivity index (χ0v) is 12.6. The number of rotatable bonds is 5. The maximum atomic E-state index is 12.3. The molecule has 0 unspecified atom stereocenters. The number of H-pyrrole nitrogens is 1. The molecular formula is C17H13N5O2. The largest absolute Gasteiger partial charge is 0.419 e. The molecule has 3 aromatic heterocycles. The Hall–Kier alpha value is -3.35. The molecule has 24 heavy (non-hydrogen) atoms. The van der Waals surface area contributed by atoms with Gasteiger partial charge in [-0.2, -0.15) is 0 Å². The number of pyridine rings is 1. The summed E-state index contributed by atoms with van der Waals surface area (Å²) in [6.07, 6.45) is 2.25. The molecule has 0 atom stereocenters. The highest BCUT2D eigenvalue weighted by Crippen LogP contribution is 2.16. The van der Waals surface area contributed by atoms with E-state index in [1.54, 1.807) is 12.3 Å². The van der Waals surface area contributed by atoms with Crippen molar-refractivity contribution < 1.29 is 9.21 Å². The number of aryl methyl sites for hydroxylation is 1. The lowest BCUT2D eigenvalue weighted by molar-refractivity contribution is 0.0971. The van der Waals surface area contributed by atoms with Crippen LogP contribution in [0.5, 0.6) is 0 Å². The second-order valence-electron chi connectivity index (χ2n) is 5.24. The van der Waals surface area contributed by atoms with Gasteiger partial charge in [0.15, 0.2) is 11.6 Å². The molecule has 0 aliphatic carbocycles. The summed E-state index contributed by atoms with van der Waals surface area (Å²) < 4.78 is 5.55. The summed E-state index contributed by atoms with van der Waals surface area (Å²) in [7, 11) is 0. The average Bonchev–Trinajstić information content (AvgIpc) is 3.27. The molecule has 0 amide bonds. The van der Waals surface area contributed by atoms with Crippen LogP contribution in [0.2, 0.25) is 0 Å². The van der Waals surface area contributed by atoms with Crippen LogP contribution in [0, 0.1) is 0 Å². The Morgan fingerprint density at radius 3 is 2.79 bits per heavy atom. The number of nitrogens with zero attached hydrogens (tertiary/aromatic N) is 4. The standard InChI is InChI=1S/C17H13N5O2/c23-14(16-19-11-5-1-2-6-12(11)20-16)8-9-15-21-22-17(24-15)13-7-3-4-10-18-13/h1-7,10H,8-9H2,(H,19,20). The molecule has 7 nitrogen and oxygen atoms in total. The third kappa shape index (κ3) is 2.79. The lowest BCUT2D eigenvalue weighted by Crippen LogP contribution is -2.03. The van der Waals surface area contributed by atoms with Crippen molar-refractivity contribution in [3.63, 3.8) is 0 Å². The minimum atomic E-state index is -0.0937. The first-order chi connectivity index (χ1) is 11.8. The average molecular weight is 319 g/mol. The van der Waals surface area contributed by atoms with E-state index < -0.39 is 0 Å². The highest BCUT2D eigenvalue weighted by molar-refractivity contribution is 5.95. The number of hydrogen-bond donors (Lipinski definition) is 1. The quantitative estimate of drug-likeness (QED) is 0.568. The third-order valence-electron chi connectivity index (χ3n) is 3.57. The van der Waals surface area contributed by atoms with E-state index in [-0.39, 0.29) is 12.2 Å². The molecule has 0 aliphatic rings. The molecule has 0 bridgehead atoms. The molecule has 4 rings (SSSR count). The lowest BCUT2D eigenvalue weighted by atomic mass is 10.2. The SMILES string of the molecule is O=C(CCc1nnc(-c2ccccn2)o1)c1nc2ccccc2[nH]1. The van der Waals surface area contributed by atoms with E-state index >= 15 is 0 Å². The number of Topliss-reactive ketones (excluding diaryl/α,β-unsaturated/α-hetero) is 1. The zero-order valence-electron chi connectivity index (χ0n) is 12.6. The topological polar surface area (TPSA) is 97.6 Å². The Morgan fingerprint density at radius 2 is 1.96 bits per heavy atom. The van der Waals surface area contributed by atoms with Crippen molar-refractivity contribution in [2.45, 2.75) is 12.8 Å². The van der Waals surface area contributed by atoms with Crippen molar-refractivity contribution in [2.24, 2.45) is 0 Å². The number of hydrogen-bond acceptors (Lipinski definition) is 6. The van der Waals surface area contributed by atoms with E-state index in [0.717, 1.165) is 11.0 Å². The van der Waals surface area contributed by atoms with Gasteiger partial charge in [0, 0.05) is 19.0 Å². The molecule has 4 aromatic rings. The molecule has 0 saturated carbocycles. The van der Waals surface area contributed by atoms with Crippen LogP contribution in [0.25, 0.3) is 22.6 Å². The van der Waals surface area contributed by atoms with E-state index in [2.05, 4.69) is 25.1 Å². The van der Waals surface area contributed by atoms with Gasteiger partial charge in [-0.3, -0.25) is 9.78 Å². The van der Waals surface area contributed by atoms with E-state index in [9.17, 15) is 4.79 Å². The van der Waals surface area contributed by atoms with Crippen LogP contribution >= 0.6 is 0 Å². The first-order valence-electron chi connectivity index (χ1n) is 7.51. The second-order valence-corrected chi connectivity index (χ2v) is 5.24. The number of ketones is 1. The summed E-state index contributed by atoms with van der Waals surface area (Å²) in [4.78, 5) is 23.7. The zero-order chi connectivity index (χ0) is 16.4. The molecule has 118 valence electrons. The summed E-state index contributed by atoms with van der Waals surface area (Å²) >= 11 is 0. The number of carbonyl (C=O) groups excluding carboxylic acids is 1. The van der Waals surface area contributed by atoms with E-state index in [0.29, 0.717) is 29.7 Å². The lowest BCUT2D eigenvalue weighted by Gasteiger charge is -1.94. The molecule has 0 saturated heterocycles. The van der Waals surface area contributed by atoms with Crippen LogP contribution in [-0.4, -0.2) is 30.9 Å². The van der Waals surface area contributed by atoms with Crippen LogP contribution in [0.4, 0.5) is 0 Å². The Morgan fingerprint density at radius 1 is 1.08 bits per heavy atom. The number of aromatic amines is 1. The van der Waals surface area contributed by atoms with Gasteiger partial charge >= 0.3 is 0 Å². The Balaban J connectivity index is 1.45. The van der Waals surface area contributed by atoms with Gasteiger partial charge < -0.3 is 9.40 Å². The van der Waals surface area contributed by atoms with Gasteiger partial charge in [-0.05, 0) is 24.3 Å². The number of imidazole rings is 1. The van der Waals surface area contributed by atoms with Crippen LogP contribution < -0.4 is 0 Å². The van der Waals surface area contributed by atoms with Gasteiger partial charge in [0.25, 0.3) is 5.89 Å². The number of fused-ring (bicyclic) bond motifs is 1. The van der Waals surface area contributed by atoms with Gasteiger partial charge in [-0.15, -0.1) is 10.2 Å². The van der Waals surface area contributed by atoms with E-state index in [1.165, 1.54) is 0 Å². The van der Waals surface area contributed by atoms with Gasteiger partial charge in [-0.1, -0.05) is 18.2 Å². The summed E-state index contributed by atoms with van der Waals surface area (Å²) in [6, 6.07) is 13.0. The van der Waals surface area contributed by atoms with Crippen molar-refractivity contribution in [3.05, 3.63) is 60.4 Å². The van der Waals surface area contributed by atoms with Crippen molar-refractivity contribution in [1.82, 2.24) is 25.1 Å². The molecule has 0 spiro atoms. The summed E-state index contributed by atoms with van der Waals surface area (Å²) in [6.45, 7) is 0. The van der Waals surface area contributed by atoms with Crippen molar-refractivity contribution in [1.29, 1.82) is 0 Å². The Bertz CT molecular complexity index is 957. The van der Waals surface area contributed by atoms with Gasteiger partial charge in [-0.25, -0.2) is 4.98 Å². The van der Waals surface area contributed by atoms with E-state index in [1.807, 2.05) is 36.4 Å². The van der Waals surface area contributed by atoms with Crippen molar-refractivity contribution >= 4 is 16.8 Å². The number of benzene rings is 1. The fourth-order valence-electron chi connectivity index (χ4n) is 2.37. The number of carbonyl (C=O) groups is 1. The highest BCUT2D eigenvalue weighted by Gasteiger charge is 2.14. The molecule has 1 aromatic carbocycles. The highest BCUT2D eigenvalue weighted by atomic mass is 16.4. The second kappa shape index (κ2) is 6.04. The Labute approximate surface area is 136 Å². The molecule has 0 radical (unpaired) electrons. The smallest absolute Gasteiger partial charge is 0.266 e. The third-order valence-corrected chi connectivity index (χ3v) is 3.57. The van der Waals surface area contributed by atoms with Crippen molar-refractivity contribution in [2.75, 3.05) is 0 Å². The monoisotopic (exact) mass is 319 g/mol. The Kier molecular flexibility index (Phi) is 3.59. The van der Waals surface area contributed by atoms with Crippen LogP contribution in [0.15, 0.2) is 53.1 Å². The fraction of sp³-hybridized carbons (Fsp3) is 0.118. The normalized spacial score (nSPS) is 11.0. The molecule has 0 fully saturated rings.